The molecule has 1 N–H and O–H groups in total. The van der Waals surface area contributed by atoms with Crippen molar-refractivity contribution in [3.8, 4) is 0 Å². The van der Waals surface area contributed by atoms with Crippen LogP contribution in [0.15, 0.2) is 0 Å². The van der Waals surface area contributed by atoms with Crippen molar-refractivity contribution in [2.24, 2.45) is 0 Å². The van der Waals surface area contributed by atoms with Gasteiger partial charge in [0, 0.05) is 40.6 Å². The van der Waals surface area contributed by atoms with Crippen LogP contribution in [0.3, 0.4) is 0 Å². The Labute approximate surface area is 160 Å². The zero-order valence-corrected chi connectivity index (χ0v) is 18.9. The summed E-state index contributed by atoms with van der Waals surface area (Å²) < 4.78 is 33.1. The predicted molar refractivity (Wildman–Crippen MR) is 103 cm³/mol. The van der Waals surface area contributed by atoms with E-state index in [1.54, 1.807) is 21.3 Å². The Morgan fingerprint density at radius 2 is 1.42 bits per heavy atom. The highest BCUT2D eigenvalue weighted by atomic mass is 28.4. The van der Waals surface area contributed by atoms with Crippen LogP contribution in [0.1, 0.15) is 47.5 Å². The van der Waals surface area contributed by atoms with Gasteiger partial charge in [0.05, 0.1) is 24.4 Å². The molecule has 7 nitrogen and oxygen atoms in total. The molecule has 0 bridgehead atoms. The molecule has 1 atom stereocenters. The molecule has 0 aliphatic heterocycles. The summed E-state index contributed by atoms with van der Waals surface area (Å²) in [5.41, 5.74) is -0.509. The topological polar surface area (TPSA) is 75.6 Å². The van der Waals surface area contributed by atoms with Gasteiger partial charge in [-0.05, 0) is 47.5 Å². The molecule has 0 aliphatic rings. The number of aliphatic hydroxyl groups is 1. The molecule has 0 aromatic carbocycles. The molecule has 0 aromatic rings. The van der Waals surface area contributed by atoms with Gasteiger partial charge in [-0.25, -0.2) is 0 Å². The van der Waals surface area contributed by atoms with Crippen molar-refractivity contribution in [3.05, 3.63) is 0 Å². The van der Waals surface area contributed by atoms with Gasteiger partial charge in [0.25, 0.3) is 0 Å². The Bertz CT molecular complexity index is 346. The quantitative estimate of drug-likeness (QED) is 0.337. The van der Waals surface area contributed by atoms with Crippen molar-refractivity contribution in [1.29, 1.82) is 0 Å². The lowest BCUT2D eigenvalue weighted by Gasteiger charge is -2.28. The van der Waals surface area contributed by atoms with E-state index in [2.05, 4.69) is 0 Å². The first-order valence-corrected chi connectivity index (χ1v) is 11.1. The third kappa shape index (κ3) is 12.3. The zero-order valence-electron chi connectivity index (χ0n) is 17.9. The summed E-state index contributed by atoms with van der Waals surface area (Å²) in [6.45, 7) is 11.7. The summed E-state index contributed by atoms with van der Waals surface area (Å²) in [5, 5.41) is 10.0. The van der Waals surface area contributed by atoms with Gasteiger partial charge in [-0.2, -0.15) is 0 Å². The SMILES string of the molecule is CO[Si](CCCOCC(O)COC(C)(C)CCOC(C)(C)C)(OC)OC. The van der Waals surface area contributed by atoms with Crippen molar-refractivity contribution < 1.29 is 32.6 Å². The monoisotopic (exact) mass is 396 g/mol. The molecule has 0 radical (unpaired) electrons. The number of rotatable bonds is 15. The Hall–Kier alpha value is -0.0631. The Balaban J connectivity index is 3.90. The highest BCUT2D eigenvalue weighted by Crippen LogP contribution is 2.18. The van der Waals surface area contributed by atoms with E-state index in [-0.39, 0.29) is 24.4 Å². The first-order chi connectivity index (χ1) is 12.0. The number of hydrogen-bond donors (Lipinski definition) is 1. The molecule has 0 saturated heterocycles. The van der Waals surface area contributed by atoms with Crippen LogP contribution in [0.2, 0.25) is 6.04 Å². The van der Waals surface area contributed by atoms with Crippen LogP contribution < -0.4 is 0 Å². The van der Waals surface area contributed by atoms with Gasteiger partial charge in [-0.15, -0.1) is 0 Å². The number of hydrogen-bond acceptors (Lipinski definition) is 7. The van der Waals surface area contributed by atoms with Crippen molar-refractivity contribution >= 4 is 8.80 Å². The third-order valence-electron chi connectivity index (χ3n) is 3.92. The fourth-order valence-corrected chi connectivity index (χ4v) is 3.90. The van der Waals surface area contributed by atoms with E-state index < -0.39 is 14.9 Å². The molecule has 0 saturated carbocycles. The first-order valence-electron chi connectivity index (χ1n) is 9.18. The van der Waals surface area contributed by atoms with Crippen LogP contribution in [0.4, 0.5) is 0 Å². The zero-order chi connectivity index (χ0) is 20.3. The third-order valence-corrected chi connectivity index (χ3v) is 6.75. The molecule has 8 heteroatoms. The number of aliphatic hydroxyl groups excluding tert-OH is 1. The summed E-state index contributed by atoms with van der Waals surface area (Å²) in [7, 11) is 2.24. The molecule has 158 valence electrons. The van der Waals surface area contributed by atoms with Crippen molar-refractivity contribution in [2.75, 3.05) is 47.8 Å². The lowest BCUT2D eigenvalue weighted by Crippen LogP contribution is -2.42. The van der Waals surface area contributed by atoms with Gasteiger partial charge >= 0.3 is 8.80 Å². The van der Waals surface area contributed by atoms with E-state index in [1.807, 2.05) is 34.6 Å². The van der Waals surface area contributed by atoms with Gasteiger partial charge in [-0.3, -0.25) is 0 Å². The maximum atomic E-state index is 10.0. The van der Waals surface area contributed by atoms with E-state index in [0.717, 1.165) is 12.8 Å². The Morgan fingerprint density at radius 1 is 0.846 bits per heavy atom. The van der Waals surface area contributed by atoms with E-state index in [9.17, 15) is 5.11 Å². The highest BCUT2D eigenvalue weighted by Gasteiger charge is 2.36. The van der Waals surface area contributed by atoms with Gasteiger partial charge in [0.1, 0.15) is 6.10 Å². The van der Waals surface area contributed by atoms with Crippen LogP contribution in [0.25, 0.3) is 0 Å². The molecular formula is C18H40O7Si. The Morgan fingerprint density at radius 3 is 1.92 bits per heavy atom. The Kier molecular flexibility index (Phi) is 12.4. The average molecular weight is 397 g/mol. The van der Waals surface area contributed by atoms with E-state index >= 15 is 0 Å². The first kappa shape index (κ1) is 25.9. The largest absolute Gasteiger partial charge is 0.500 e. The van der Waals surface area contributed by atoms with Crippen LogP contribution in [0.5, 0.6) is 0 Å². The average Bonchev–Trinajstić information content (AvgIpc) is 2.55. The molecule has 0 aliphatic carbocycles. The molecular weight excluding hydrogens is 356 g/mol. The molecule has 0 amide bonds. The molecule has 1 unspecified atom stereocenters. The second kappa shape index (κ2) is 12.4. The lowest BCUT2D eigenvalue weighted by molar-refractivity contribution is -0.0991. The normalized spacial score (nSPS) is 14.7. The minimum absolute atomic E-state index is 0.154. The van der Waals surface area contributed by atoms with Crippen LogP contribution in [0, 0.1) is 0 Å². The second-order valence-corrected chi connectivity index (χ2v) is 11.0. The maximum Gasteiger partial charge on any atom is 0.500 e. The summed E-state index contributed by atoms with van der Waals surface area (Å²) in [6.07, 6.45) is 0.840. The molecule has 0 fully saturated rings. The minimum atomic E-state index is -2.54. The standard InChI is InChI=1S/C18H40O7Si/c1-17(2,3)24-12-10-18(4,5)25-15-16(19)14-23-11-9-13-26(20-6,21-7)22-8/h16,19H,9-15H2,1-8H3. The van der Waals surface area contributed by atoms with Gasteiger partial charge < -0.3 is 32.6 Å². The van der Waals surface area contributed by atoms with Gasteiger partial charge in [-0.1, -0.05) is 0 Å². The van der Waals surface area contributed by atoms with Gasteiger partial charge in [0.2, 0.25) is 0 Å². The second-order valence-electron chi connectivity index (χ2n) is 7.91. The minimum Gasteiger partial charge on any atom is -0.388 e. The predicted octanol–water partition coefficient (Wildman–Crippen LogP) is 2.63. The van der Waals surface area contributed by atoms with Crippen molar-refractivity contribution in [2.45, 2.75) is 70.8 Å². The molecule has 0 heterocycles. The molecule has 0 rings (SSSR count). The molecule has 0 aromatic heterocycles. The van der Waals surface area contributed by atoms with E-state index in [1.165, 1.54) is 0 Å². The summed E-state index contributed by atoms with van der Waals surface area (Å²) in [6, 6.07) is 0.671. The fraction of sp³-hybridized carbons (Fsp3) is 1.00. The van der Waals surface area contributed by atoms with Crippen molar-refractivity contribution in [3.63, 3.8) is 0 Å². The van der Waals surface area contributed by atoms with Crippen LogP contribution in [-0.2, 0) is 27.5 Å². The van der Waals surface area contributed by atoms with Gasteiger partial charge in [0.15, 0.2) is 0 Å². The lowest BCUT2D eigenvalue weighted by atomic mass is 10.1. The van der Waals surface area contributed by atoms with Crippen molar-refractivity contribution in [1.82, 2.24) is 0 Å². The number of ether oxygens (including phenoxy) is 3. The highest BCUT2D eigenvalue weighted by molar-refractivity contribution is 6.60. The summed E-state index contributed by atoms with van der Waals surface area (Å²) >= 11 is 0. The summed E-state index contributed by atoms with van der Waals surface area (Å²) in [4.78, 5) is 0. The summed E-state index contributed by atoms with van der Waals surface area (Å²) in [5.74, 6) is 0. The van der Waals surface area contributed by atoms with E-state index in [4.69, 9.17) is 27.5 Å². The smallest absolute Gasteiger partial charge is 0.388 e. The maximum absolute atomic E-state index is 10.0. The molecule has 0 spiro atoms. The van der Waals surface area contributed by atoms with E-state index in [0.29, 0.717) is 19.3 Å². The van der Waals surface area contributed by atoms with Crippen LogP contribution >= 0.6 is 0 Å². The fourth-order valence-electron chi connectivity index (χ4n) is 2.21. The van der Waals surface area contributed by atoms with Crippen LogP contribution in [-0.4, -0.2) is 79.0 Å². The molecule has 26 heavy (non-hydrogen) atoms.